The van der Waals surface area contributed by atoms with Gasteiger partial charge in [0.1, 0.15) is 17.9 Å². The molecule has 7 heteroatoms. The molecular weight excluding hydrogens is 386 g/mol. The number of halogens is 1. The number of hydrogen-bond donors (Lipinski definition) is 2. The zero-order chi connectivity index (χ0) is 18.1. The summed E-state index contributed by atoms with van der Waals surface area (Å²) in [6, 6.07) is 11.7. The van der Waals surface area contributed by atoms with Gasteiger partial charge >= 0.3 is 0 Å². The third-order valence-electron chi connectivity index (χ3n) is 4.18. The van der Waals surface area contributed by atoms with E-state index < -0.39 is 0 Å². The molecule has 0 spiro atoms. The quantitative estimate of drug-likeness (QED) is 0.536. The Kier molecular flexibility index (Phi) is 4.91. The number of nitrogens with one attached hydrogen (secondary N) is 2. The van der Waals surface area contributed by atoms with Crippen LogP contribution >= 0.6 is 34.3 Å². The van der Waals surface area contributed by atoms with Gasteiger partial charge in [0, 0.05) is 21.5 Å². The summed E-state index contributed by atoms with van der Waals surface area (Å²) in [7, 11) is 2.10. The number of nitrogens with zero attached hydrogens (tertiary/aromatic N) is 1. The standard InChI is InChI=1S/C19H16ClN3OS2/c1-23(9-12-5-4-8-25-12)10-16-21-18(24)17-14(11-26-19(17)22-16)13-6-2-3-7-15(13)20/h2-8,11H,9-10H2,1H3,(H,21,22,24)/p+1. The maximum atomic E-state index is 12.7. The molecule has 0 aliphatic carbocycles. The fourth-order valence-corrected chi connectivity index (χ4v) is 5.03. The maximum Gasteiger partial charge on any atom is 0.260 e. The third-order valence-corrected chi connectivity index (χ3v) is 6.26. The van der Waals surface area contributed by atoms with E-state index in [1.165, 1.54) is 21.1 Å². The van der Waals surface area contributed by atoms with Gasteiger partial charge < -0.3 is 9.88 Å². The Hall–Kier alpha value is -1.99. The number of benzene rings is 1. The molecule has 0 radical (unpaired) electrons. The first-order valence-electron chi connectivity index (χ1n) is 8.21. The highest BCUT2D eigenvalue weighted by Crippen LogP contribution is 2.34. The second-order valence-corrected chi connectivity index (χ2v) is 8.51. The van der Waals surface area contributed by atoms with Crippen LogP contribution in [-0.2, 0) is 13.1 Å². The average molecular weight is 403 g/mol. The van der Waals surface area contributed by atoms with E-state index in [4.69, 9.17) is 11.6 Å². The van der Waals surface area contributed by atoms with Gasteiger partial charge in [-0.05, 0) is 17.5 Å². The molecule has 132 valence electrons. The van der Waals surface area contributed by atoms with E-state index in [0.717, 1.165) is 22.5 Å². The minimum Gasteiger partial charge on any atom is -0.327 e. The molecule has 0 bridgehead atoms. The highest BCUT2D eigenvalue weighted by Gasteiger charge is 2.16. The van der Waals surface area contributed by atoms with Crippen LogP contribution < -0.4 is 10.5 Å². The van der Waals surface area contributed by atoms with Gasteiger partial charge in [-0.1, -0.05) is 35.9 Å². The molecule has 2 N–H and O–H groups in total. The summed E-state index contributed by atoms with van der Waals surface area (Å²) >= 11 is 9.53. The van der Waals surface area contributed by atoms with E-state index in [1.54, 1.807) is 11.3 Å². The summed E-state index contributed by atoms with van der Waals surface area (Å²) in [5.41, 5.74) is 1.60. The van der Waals surface area contributed by atoms with Crippen molar-refractivity contribution in [3.8, 4) is 11.1 Å². The van der Waals surface area contributed by atoms with E-state index in [9.17, 15) is 4.79 Å². The van der Waals surface area contributed by atoms with Crippen molar-refractivity contribution in [3.05, 3.63) is 73.2 Å². The third kappa shape index (κ3) is 3.46. The van der Waals surface area contributed by atoms with Crippen LogP contribution in [0.1, 0.15) is 10.7 Å². The lowest BCUT2D eigenvalue weighted by molar-refractivity contribution is -0.908. The van der Waals surface area contributed by atoms with Crippen LogP contribution in [0.15, 0.2) is 52.0 Å². The molecule has 4 aromatic rings. The van der Waals surface area contributed by atoms with Crippen LogP contribution in [0.4, 0.5) is 0 Å². The number of H-pyrrole nitrogens is 1. The molecule has 4 rings (SSSR count). The van der Waals surface area contributed by atoms with E-state index in [0.29, 0.717) is 22.8 Å². The number of aromatic amines is 1. The van der Waals surface area contributed by atoms with E-state index in [-0.39, 0.29) is 5.56 Å². The molecule has 3 aromatic heterocycles. The van der Waals surface area contributed by atoms with Crippen molar-refractivity contribution in [1.82, 2.24) is 9.97 Å². The Morgan fingerprint density at radius 3 is 2.73 bits per heavy atom. The number of rotatable bonds is 5. The fourth-order valence-electron chi connectivity index (χ4n) is 3.01. The number of thiophene rings is 2. The molecule has 1 aromatic carbocycles. The van der Waals surface area contributed by atoms with Gasteiger partial charge in [0.15, 0.2) is 5.82 Å². The summed E-state index contributed by atoms with van der Waals surface area (Å²) < 4.78 is 0. The monoisotopic (exact) mass is 402 g/mol. The summed E-state index contributed by atoms with van der Waals surface area (Å²) in [4.78, 5) is 23.7. The van der Waals surface area contributed by atoms with Gasteiger partial charge in [0.05, 0.1) is 17.3 Å². The smallest absolute Gasteiger partial charge is 0.260 e. The van der Waals surface area contributed by atoms with Crippen LogP contribution in [0.25, 0.3) is 21.3 Å². The predicted octanol–water partition coefficient (Wildman–Crippen LogP) is 3.58. The minimum atomic E-state index is -0.106. The molecular formula is C19H17ClN3OS2+. The second kappa shape index (κ2) is 7.32. The largest absolute Gasteiger partial charge is 0.327 e. The number of hydrogen-bond acceptors (Lipinski definition) is 4. The number of quaternary nitrogens is 1. The van der Waals surface area contributed by atoms with Crippen molar-refractivity contribution in [1.29, 1.82) is 0 Å². The van der Waals surface area contributed by atoms with Gasteiger partial charge in [0.25, 0.3) is 5.56 Å². The lowest BCUT2D eigenvalue weighted by Gasteiger charge is -2.12. The second-order valence-electron chi connectivity index (χ2n) is 6.21. The molecule has 3 heterocycles. The fraction of sp³-hybridized carbons (Fsp3) is 0.158. The van der Waals surface area contributed by atoms with Crippen LogP contribution in [0.5, 0.6) is 0 Å². The molecule has 0 aliphatic rings. The summed E-state index contributed by atoms with van der Waals surface area (Å²) in [5, 5.41) is 5.29. The summed E-state index contributed by atoms with van der Waals surface area (Å²) in [6.45, 7) is 1.58. The average Bonchev–Trinajstić information content (AvgIpc) is 3.25. The Labute approximate surface area is 163 Å². The van der Waals surface area contributed by atoms with Crippen molar-refractivity contribution in [3.63, 3.8) is 0 Å². The molecule has 0 aliphatic heterocycles. The lowest BCUT2D eigenvalue weighted by atomic mass is 10.1. The van der Waals surface area contributed by atoms with Crippen LogP contribution in [0.2, 0.25) is 5.02 Å². The van der Waals surface area contributed by atoms with Gasteiger partial charge in [-0.15, -0.1) is 22.7 Å². The number of fused-ring (bicyclic) bond motifs is 1. The number of aromatic nitrogens is 2. The van der Waals surface area contributed by atoms with Gasteiger partial charge in [-0.25, -0.2) is 4.98 Å². The zero-order valence-corrected chi connectivity index (χ0v) is 16.5. The lowest BCUT2D eigenvalue weighted by Crippen LogP contribution is -3.06. The first-order valence-corrected chi connectivity index (χ1v) is 10.3. The molecule has 0 saturated heterocycles. The summed E-state index contributed by atoms with van der Waals surface area (Å²) in [5.74, 6) is 0.712. The van der Waals surface area contributed by atoms with Gasteiger partial charge in [0.2, 0.25) is 0 Å². The maximum absolute atomic E-state index is 12.7. The zero-order valence-electron chi connectivity index (χ0n) is 14.1. The molecule has 26 heavy (non-hydrogen) atoms. The SMILES string of the molecule is C[NH+](Cc1nc2scc(-c3ccccc3Cl)c2c(=O)[nH]1)Cc1cccs1. The topological polar surface area (TPSA) is 50.2 Å². The van der Waals surface area contributed by atoms with Crippen molar-refractivity contribution in [2.24, 2.45) is 0 Å². The van der Waals surface area contributed by atoms with E-state index in [1.807, 2.05) is 29.6 Å². The predicted molar refractivity (Wildman–Crippen MR) is 109 cm³/mol. The normalized spacial score (nSPS) is 12.5. The Morgan fingerprint density at radius 1 is 1.12 bits per heavy atom. The van der Waals surface area contributed by atoms with Gasteiger partial charge in [-0.2, -0.15) is 0 Å². The Morgan fingerprint density at radius 2 is 1.96 bits per heavy atom. The van der Waals surface area contributed by atoms with Crippen molar-refractivity contribution in [2.75, 3.05) is 7.05 Å². The van der Waals surface area contributed by atoms with Crippen molar-refractivity contribution >= 4 is 44.5 Å². The molecule has 0 amide bonds. The van der Waals surface area contributed by atoms with Crippen LogP contribution in [0, 0.1) is 0 Å². The molecule has 0 saturated carbocycles. The molecule has 1 atom stereocenters. The summed E-state index contributed by atoms with van der Waals surface area (Å²) in [6.07, 6.45) is 0. The van der Waals surface area contributed by atoms with Crippen LogP contribution in [0.3, 0.4) is 0 Å². The minimum absolute atomic E-state index is 0.106. The highest BCUT2D eigenvalue weighted by molar-refractivity contribution is 7.17. The van der Waals surface area contributed by atoms with Crippen molar-refractivity contribution < 1.29 is 4.90 Å². The van der Waals surface area contributed by atoms with Crippen molar-refractivity contribution in [2.45, 2.75) is 13.1 Å². The van der Waals surface area contributed by atoms with Gasteiger partial charge in [-0.3, -0.25) is 4.79 Å². The highest BCUT2D eigenvalue weighted by atomic mass is 35.5. The van der Waals surface area contributed by atoms with E-state index in [2.05, 4.69) is 34.5 Å². The Balaban J connectivity index is 1.66. The Bertz CT molecular complexity index is 1100. The van der Waals surface area contributed by atoms with E-state index >= 15 is 0 Å². The molecule has 0 fully saturated rings. The first kappa shape index (κ1) is 17.4. The molecule has 4 nitrogen and oxygen atoms in total. The molecule has 1 unspecified atom stereocenters. The first-order chi connectivity index (χ1) is 12.6. The van der Waals surface area contributed by atoms with Crippen LogP contribution in [-0.4, -0.2) is 17.0 Å².